The monoisotopic (exact) mass is 260 g/mol. The van der Waals surface area contributed by atoms with Gasteiger partial charge in [-0.2, -0.15) is 0 Å². The molecule has 0 amide bonds. The van der Waals surface area contributed by atoms with E-state index < -0.39 is 0 Å². The van der Waals surface area contributed by atoms with Gasteiger partial charge in [0.2, 0.25) is 0 Å². The van der Waals surface area contributed by atoms with Crippen LogP contribution in [0.2, 0.25) is 0 Å². The van der Waals surface area contributed by atoms with E-state index in [1.807, 2.05) is 0 Å². The van der Waals surface area contributed by atoms with Crippen LogP contribution in [0.25, 0.3) is 0 Å². The van der Waals surface area contributed by atoms with Gasteiger partial charge in [-0.3, -0.25) is 4.90 Å². The van der Waals surface area contributed by atoms with Crippen LogP contribution < -0.4 is 5.32 Å². The fourth-order valence-corrected chi connectivity index (χ4v) is 2.75. The number of likely N-dealkylation sites (N-methyl/N-ethyl adjacent to an activating group) is 1. The molecule has 1 saturated heterocycles. The van der Waals surface area contributed by atoms with Gasteiger partial charge >= 0.3 is 0 Å². The summed E-state index contributed by atoms with van der Waals surface area (Å²) in [7, 11) is 2.24. The molecule has 0 aromatic heterocycles. The molecule has 2 rings (SSSR count). The van der Waals surface area contributed by atoms with Crippen LogP contribution in [0.4, 0.5) is 0 Å². The maximum Gasteiger partial charge on any atom is 0.0236 e. The van der Waals surface area contributed by atoms with Gasteiger partial charge in [0.1, 0.15) is 0 Å². The van der Waals surface area contributed by atoms with Crippen molar-refractivity contribution in [3.63, 3.8) is 0 Å². The predicted molar refractivity (Wildman–Crippen MR) is 82.6 cm³/mol. The van der Waals surface area contributed by atoms with E-state index in [1.165, 1.54) is 23.1 Å². The summed E-state index contributed by atoms with van der Waals surface area (Å²) in [5, 5.41) is 3.44. The van der Waals surface area contributed by atoms with E-state index in [-0.39, 0.29) is 5.41 Å². The molecule has 2 nitrogen and oxygen atoms in total. The lowest BCUT2D eigenvalue weighted by atomic mass is 9.85. The molecule has 0 saturated carbocycles. The van der Waals surface area contributed by atoms with Crippen molar-refractivity contribution in [3.8, 4) is 0 Å². The number of nitrogens with zero attached hydrogens (tertiary/aromatic N) is 1. The van der Waals surface area contributed by atoms with E-state index in [1.54, 1.807) is 0 Å². The van der Waals surface area contributed by atoms with Crippen molar-refractivity contribution in [2.45, 2.75) is 52.1 Å². The Morgan fingerprint density at radius 3 is 2.58 bits per heavy atom. The first kappa shape index (κ1) is 14.5. The Hall–Kier alpha value is -0.860. The smallest absolute Gasteiger partial charge is 0.0236 e. The molecule has 1 aliphatic rings. The second-order valence-corrected chi connectivity index (χ2v) is 6.95. The zero-order valence-electron chi connectivity index (χ0n) is 13.1. The molecule has 0 bridgehead atoms. The first-order valence-corrected chi connectivity index (χ1v) is 7.39. The van der Waals surface area contributed by atoms with Crippen LogP contribution >= 0.6 is 0 Å². The number of hydrogen-bond acceptors (Lipinski definition) is 2. The summed E-state index contributed by atoms with van der Waals surface area (Å²) in [5.74, 6) is 0. The molecule has 1 aromatic rings. The molecule has 1 heterocycles. The van der Waals surface area contributed by atoms with E-state index in [0.717, 1.165) is 19.6 Å². The molecule has 19 heavy (non-hydrogen) atoms. The third kappa shape index (κ3) is 3.58. The highest BCUT2D eigenvalue weighted by atomic mass is 15.2. The maximum atomic E-state index is 3.44. The molecule has 1 unspecified atom stereocenters. The van der Waals surface area contributed by atoms with Gasteiger partial charge in [-0.15, -0.1) is 0 Å². The molecule has 1 fully saturated rings. The molecular formula is C17H28N2. The van der Waals surface area contributed by atoms with Gasteiger partial charge in [-0.25, -0.2) is 0 Å². The summed E-state index contributed by atoms with van der Waals surface area (Å²) >= 11 is 0. The molecule has 0 aliphatic carbocycles. The minimum absolute atomic E-state index is 0.241. The first-order chi connectivity index (χ1) is 8.88. The van der Waals surface area contributed by atoms with Crippen LogP contribution in [-0.2, 0) is 12.0 Å². The summed E-state index contributed by atoms with van der Waals surface area (Å²) < 4.78 is 0. The van der Waals surface area contributed by atoms with Gasteiger partial charge in [-0.1, -0.05) is 39.0 Å². The van der Waals surface area contributed by atoms with E-state index in [9.17, 15) is 0 Å². The van der Waals surface area contributed by atoms with Crippen LogP contribution in [0, 0.1) is 6.92 Å². The third-order valence-corrected chi connectivity index (χ3v) is 4.29. The normalized spacial score (nSPS) is 20.2. The maximum absolute atomic E-state index is 3.44. The Morgan fingerprint density at radius 1 is 1.32 bits per heavy atom. The van der Waals surface area contributed by atoms with Gasteiger partial charge in [0.15, 0.2) is 0 Å². The molecule has 1 N–H and O–H groups in total. The Labute approximate surface area is 118 Å². The van der Waals surface area contributed by atoms with Gasteiger partial charge in [-0.05, 0) is 49.0 Å². The first-order valence-electron chi connectivity index (χ1n) is 7.39. The third-order valence-electron chi connectivity index (χ3n) is 4.29. The predicted octanol–water partition coefficient (Wildman–Crippen LogP) is 3.09. The summed E-state index contributed by atoms with van der Waals surface area (Å²) in [4.78, 5) is 2.49. The van der Waals surface area contributed by atoms with Crippen molar-refractivity contribution >= 4 is 0 Å². The number of nitrogens with one attached hydrogen (secondary N) is 1. The van der Waals surface area contributed by atoms with Crippen molar-refractivity contribution in [1.29, 1.82) is 0 Å². The lowest BCUT2D eigenvalue weighted by molar-refractivity contribution is 0.248. The standard InChI is InChI=1S/C17H28N2/c1-13-10-15(17(2,3)4)7-6-14(13)12-19(5)16-8-9-18-11-16/h6-7,10,16,18H,8-9,11-12H2,1-5H3. The van der Waals surface area contributed by atoms with Gasteiger partial charge in [0.25, 0.3) is 0 Å². The Bertz CT molecular complexity index is 425. The van der Waals surface area contributed by atoms with Gasteiger partial charge < -0.3 is 5.32 Å². The second kappa shape index (κ2) is 5.64. The highest BCUT2D eigenvalue weighted by Gasteiger charge is 2.20. The number of aryl methyl sites for hydroxylation is 1. The van der Waals surface area contributed by atoms with Crippen LogP contribution in [0.15, 0.2) is 18.2 Å². The lowest BCUT2D eigenvalue weighted by Gasteiger charge is -2.25. The Kier molecular flexibility index (Phi) is 4.32. The molecule has 106 valence electrons. The second-order valence-electron chi connectivity index (χ2n) is 6.95. The summed E-state index contributed by atoms with van der Waals surface area (Å²) in [6.07, 6.45) is 1.27. The Balaban J connectivity index is 2.08. The molecule has 0 spiro atoms. The average molecular weight is 260 g/mol. The zero-order valence-corrected chi connectivity index (χ0v) is 13.1. The van der Waals surface area contributed by atoms with Gasteiger partial charge in [0.05, 0.1) is 0 Å². The molecule has 1 aromatic carbocycles. The SMILES string of the molecule is Cc1cc(C(C)(C)C)ccc1CN(C)C1CCNC1. The van der Waals surface area contributed by atoms with Crippen molar-refractivity contribution in [2.24, 2.45) is 0 Å². The van der Waals surface area contributed by atoms with Crippen LogP contribution in [0.3, 0.4) is 0 Å². The largest absolute Gasteiger partial charge is 0.315 e. The number of rotatable bonds is 3. The van der Waals surface area contributed by atoms with Crippen molar-refractivity contribution in [2.75, 3.05) is 20.1 Å². The average Bonchev–Trinajstić information content (AvgIpc) is 2.84. The summed E-state index contributed by atoms with van der Waals surface area (Å²) in [5.41, 5.74) is 4.55. The van der Waals surface area contributed by atoms with Crippen molar-refractivity contribution < 1.29 is 0 Å². The Morgan fingerprint density at radius 2 is 2.05 bits per heavy atom. The zero-order chi connectivity index (χ0) is 14.0. The van der Waals surface area contributed by atoms with Crippen molar-refractivity contribution in [1.82, 2.24) is 10.2 Å². The fourth-order valence-electron chi connectivity index (χ4n) is 2.75. The lowest BCUT2D eigenvalue weighted by Crippen LogP contribution is -2.33. The highest BCUT2D eigenvalue weighted by Crippen LogP contribution is 2.25. The molecule has 0 radical (unpaired) electrons. The van der Waals surface area contributed by atoms with Gasteiger partial charge in [0, 0.05) is 19.1 Å². The number of hydrogen-bond donors (Lipinski definition) is 1. The summed E-state index contributed by atoms with van der Waals surface area (Å²) in [6.45, 7) is 12.4. The van der Waals surface area contributed by atoms with E-state index in [4.69, 9.17) is 0 Å². The summed E-state index contributed by atoms with van der Waals surface area (Å²) in [6, 6.07) is 7.66. The highest BCUT2D eigenvalue weighted by molar-refractivity contribution is 5.34. The molecule has 1 atom stereocenters. The van der Waals surface area contributed by atoms with Crippen LogP contribution in [0.5, 0.6) is 0 Å². The topological polar surface area (TPSA) is 15.3 Å². The minimum Gasteiger partial charge on any atom is -0.315 e. The van der Waals surface area contributed by atoms with E-state index in [2.05, 4.69) is 63.2 Å². The van der Waals surface area contributed by atoms with E-state index >= 15 is 0 Å². The van der Waals surface area contributed by atoms with Crippen molar-refractivity contribution in [3.05, 3.63) is 34.9 Å². The molecule has 2 heteroatoms. The fraction of sp³-hybridized carbons (Fsp3) is 0.647. The minimum atomic E-state index is 0.241. The van der Waals surface area contributed by atoms with Crippen LogP contribution in [-0.4, -0.2) is 31.1 Å². The molecular weight excluding hydrogens is 232 g/mol. The van der Waals surface area contributed by atoms with E-state index in [0.29, 0.717) is 6.04 Å². The number of benzene rings is 1. The van der Waals surface area contributed by atoms with Crippen LogP contribution in [0.1, 0.15) is 43.9 Å². The molecule has 1 aliphatic heterocycles. The quantitative estimate of drug-likeness (QED) is 0.898.